The van der Waals surface area contributed by atoms with E-state index in [0.29, 0.717) is 12.5 Å². The smallest absolute Gasteiger partial charge is 0.252 e. The van der Waals surface area contributed by atoms with Crippen LogP contribution in [0.25, 0.3) is 0 Å². The van der Waals surface area contributed by atoms with E-state index in [1.807, 2.05) is 0 Å². The maximum Gasteiger partial charge on any atom is 0.252 e. The first-order valence-electron chi connectivity index (χ1n) is 7.29. The lowest BCUT2D eigenvalue weighted by atomic mass is 9.82. The van der Waals surface area contributed by atoms with Gasteiger partial charge in [0.2, 0.25) is 0 Å². The molecule has 3 atom stereocenters. The summed E-state index contributed by atoms with van der Waals surface area (Å²) in [5.74, 6) is 0.354. The standard InChI is InChI=1S/C14H25NO4/c1-14(7-11(17)8-16)13(18)15-12(9-19-14)10-5-3-2-4-6-10/h10-12,16-17H,2-9H2,1H3,(H,15,18)/t11?,12-,14-/m0/s1. The summed E-state index contributed by atoms with van der Waals surface area (Å²) >= 11 is 0. The second-order valence-electron chi connectivity index (χ2n) is 6.06. The predicted molar refractivity (Wildman–Crippen MR) is 70.6 cm³/mol. The van der Waals surface area contributed by atoms with Gasteiger partial charge in [-0.15, -0.1) is 0 Å². The third-order valence-corrected chi connectivity index (χ3v) is 4.43. The van der Waals surface area contributed by atoms with Gasteiger partial charge in [0.05, 0.1) is 25.4 Å². The number of amides is 1. The fourth-order valence-electron chi connectivity index (χ4n) is 3.16. The predicted octanol–water partition coefficient (Wildman–Crippen LogP) is 0.584. The summed E-state index contributed by atoms with van der Waals surface area (Å²) in [7, 11) is 0. The topological polar surface area (TPSA) is 78.8 Å². The number of aliphatic hydroxyl groups is 2. The van der Waals surface area contributed by atoms with E-state index in [0.717, 1.165) is 12.8 Å². The van der Waals surface area contributed by atoms with Crippen LogP contribution in [0.2, 0.25) is 0 Å². The molecule has 0 radical (unpaired) electrons. The van der Waals surface area contributed by atoms with Crippen molar-refractivity contribution in [2.45, 2.75) is 63.2 Å². The lowest BCUT2D eigenvalue weighted by Crippen LogP contribution is -2.60. The van der Waals surface area contributed by atoms with Crippen LogP contribution >= 0.6 is 0 Å². The molecule has 1 saturated heterocycles. The fraction of sp³-hybridized carbons (Fsp3) is 0.929. The van der Waals surface area contributed by atoms with Crippen molar-refractivity contribution < 1.29 is 19.7 Å². The van der Waals surface area contributed by atoms with Gasteiger partial charge in [-0.3, -0.25) is 4.79 Å². The Morgan fingerprint density at radius 2 is 2.11 bits per heavy atom. The minimum absolute atomic E-state index is 0.104. The molecule has 0 bridgehead atoms. The van der Waals surface area contributed by atoms with Crippen molar-refractivity contribution in [2.24, 2.45) is 5.92 Å². The van der Waals surface area contributed by atoms with E-state index >= 15 is 0 Å². The highest BCUT2D eigenvalue weighted by Gasteiger charge is 2.43. The van der Waals surface area contributed by atoms with Gasteiger partial charge in [0.15, 0.2) is 0 Å². The largest absolute Gasteiger partial charge is 0.394 e. The van der Waals surface area contributed by atoms with E-state index in [1.165, 1.54) is 19.3 Å². The average Bonchev–Trinajstić information content (AvgIpc) is 2.43. The van der Waals surface area contributed by atoms with Crippen molar-refractivity contribution in [2.75, 3.05) is 13.2 Å². The molecule has 19 heavy (non-hydrogen) atoms. The molecule has 0 aromatic heterocycles. The first-order chi connectivity index (χ1) is 9.05. The highest BCUT2D eigenvalue weighted by Crippen LogP contribution is 2.30. The van der Waals surface area contributed by atoms with E-state index in [4.69, 9.17) is 9.84 Å². The van der Waals surface area contributed by atoms with Gasteiger partial charge in [0, 0.05) is 6.42 Å². The number of carbonyl (C=O) groups is 1. The first kappa shape index (κ1) is 14.8. The Kier molecular flexibility index (Phi) is 4.81. The first-order valence-corrected chi connectivity index (χ1v) is 7.29. The number of morpholine rings is 1. The molecular formula is C14H25NO4. The van der Waals surface area contributed by atoms with Crippen molar-refractivity contribution in [1.82, 2.24) is 5.32 Å². The van der Waals surface area contributed by atoms with Crippen molar-refractivity contribution in [3.8, 4) is 0 Å². The number of aliphatic hydroxyl groups excluding tert-OH is 2. The van der Waals surface area contributed by atoms with Gasteiger partial charge < -0.3 is 20.3 Å². The summed E-state index contributed by atoms with van der Waals surface area (Å²) in [6.07, 6.45) is 5.29. The number of hydrogen-bond acceptors (Lipinski definition) is 4. The van der Waals surface area contributed by atoms with Gasteiger partial charge >= 0.3 is 0 Å². The van der Waals surface area contributed by atoms with Crippen molar-refractivity contribution in [1.29, 1.82) is 0 Å². The lowest BCUT2D eigenvalue weighted by Gasteiger charge is -2.41. The second-order valence-corrected chi connectivity index (χ2v) is 6.06. The summed E-state index contributed by atoms with van der Waals surface area (Å²) < 4.78 is 5.73. The van der Waals surface area contributed by atoms with Crippen LogP contribution < -0.4 is 5.32 Å². The summed E-state index contributed by atoms with van der Waals surface area (Å²) in [6, 6.07) is 0.104. The van der Waals surface area contributed by atoms with Crippen LogP contribution in [-0.4, -0.2) is 47.1 Å². The summed E-state index contributed by atoms with van der Waals surface area (Å²) in [5.41, 5.74) is -1.02. The molecular weight excluding hydrogens is 246 g/mol. The fourth-order valence-corrected chi connectivity index (χ4v) is 3.16. The van der Waals surface area contributed by atoms with E-state index < -0.39 is 11.7 Å². The molecule has 3 N–H and O–H groups in total. The maximum absolute atomic E-state index is 12.2. The molecule has 2 rings (SSSR count). The molecule has 0 aromatic carbocycles. The lowest BCUT2D eigenvalue weighted by molar-refractivity contribution is -0.164. The summed E-state index contributed by atoms with van der Waals surface area (Å²) in [6.45, 7) is 1.83. The molecule has 1 amide bonds. The number of hydrogen-bond donors (Lipinski definition) is 3. The monoisotopic (exact) mass is 271 g/mol. The summed E-state index contributed by atoms with van der Waals surface area (Å²) in [4.78, 5) is 12.2. The minimum Gasteiger partial charge on any atom is -0.394 e. The molecule has 1 saturated carbocycles. The van der Waals surface area contributed by atoms with Crippen LogP contribution in [0.1, 0.15) is 45.4 Å². The van der Waals surface area contributed by atoms with Crippen LogP contribution in [0.5, 0.6) is 0 Å². The van der Waals surface area contributed by atoms with Crippen molar-refractivity contribution in [3.63, 3.8) is 0 Å². The Hall–Kier alpha value is -0.650. The van der Waals surface area contributed by atoms with E-state index in [9.17, 15) is 9.90 Å². The van der Waals surface area contributed by atoms with Gasteiger partial charge in [-0.25, -0.2) is 0 Å². The van der Waals surface area contributed by atoms with Crippen molar-refractivity contribution >= 4 is 5.91 Å². The molecule has 0 aromatic rings. The Morgan fingerprint density at radius 1 is 1.42 bits per heavy atom. The highest BCUT2D eigenvalue weighted by molar-refractivity contribution is 5.85. The molecule has 2 aliphatic rings. The van der Waals surface area contributed by atoms with Crippen LogP contribution in [0, 0.1) is 5.92 Å². The van der Waals surface area contributed by atoms with Crippen molar-refractivity contribution in [3.05, 3.63) is 0 Å². The van der Waals surface area contributed by atoms with Crippen LogP contribution in [0.15, 0.2) is 0 Å². The Balaban J connectivity index is 1.91. The van der Waals surface area contributed by atoms with Crippen LogP contribution in [0.4, 0.5) is 0 Å². The molecule has 1 unspecified atom stereocenters. The van der Waals surface area contributed by atoms with Gasteiger partial charge in [-0.2, -0.15) is 0 Å². The van der Waals surface area contributed by atoms with E-state index in [2.05, 4.69) is 5.32 Å². The zero-order chi connectivity index (χ0) is 13.9. The molecule has 1 aliphatic heterocycles. The zero-order valence-corrected chi connectivity index (χ0v) is 11.6. The number of nitrogens with one attached hydrogen (secondary N) is 1. The van der Waals surface area contributed by atoms with E-state index in [1.54, 1.807) is 6.92 Å². The zero-order valence-electron chi connectivity index (χ0n) is 11.6. The molecule has 110 valence electrons. The van der Waals surface area contributed by atoms with Gasteiger partial charge in [-0.05, 0) is 25.7 Å². The molecule has 2 fully saturated rings. The number of carbonyl (C=O) groups excluding carboxylic acids is 1. The Bertz CT molecular complexity index is 317. The average molecular weight is 271 g/mol. The van der Waals surface area contributed by atoms with Crippen LogP contribution in [-0.2, 0) is 9.53 Å². The summed E-state index contributed by atoms with van der Waals surface area (Å²) in [5, 5.41) is 21.4. The Morgan fingerprint density at radius 3 is 2.68 bits per heavy atom. The van der Waals surface area contributed by atoms with Gasteiger partial charge in [0.1, 0.15) is 5.60 Å². The SMILES string of the molecule is C[C@@]1(CC(O)CO)OC[C@@H](C2CCCCC2)NC1=O. The van der Waals surface area contributed by atoms with Gasteiger partial charge in [0.25, 0.3) is 5.91 Å². The Labute approximate surface area is 114 Å². The molecule has 1 heterocycles. The number of rotatable bonds is 4. The van der Waals surface area contributed by atoms with Crippen LogP contribution in [0.3, 0.4) is 0 Å². The third kappa shape index (κ3) is 3.46. The number of ether oxygens (including phenoxy) is 1. The third-order valence-electron chi connectivity index (χ3n) is 4.43. The maximum atomic E-state index is 12.2. The molecule has 0 spiro atoms. The van der Waals surface area contributed by atoms with Gasteiger partial charge in [-0.1, -0.05) is 19.3 Å². The molecule has 5 nitrogen and oxygen atoms in total. The second kappa shape index (κ2) is 6.20. The minimum atomic E-state index is -1.02. The molecule has 5 heteroatoms. The quantitative estimate of drug-likeness (QED) is 0.699. The normalized spacial score (nSPS) is 34.9. The molecule has 1 aliphatic carbocycles. The van der Waals surface area contributed by atoms with E-state index in [-0.39, 0.29) is 25.0 Å². The highest BCUT2D eigenvalue weighted by atomic mass is 16.5.